The van der Waals surface area contributed by atoms with E-state index in [0.29, 0.717) is 12.6 Å². The minimum atomic E-state index is -0.567. The number of thiophene rings is 1. The number of ether oxygens (including phenoxy) is 1. The summed E-state index contributed by atoms with van der Waals surface area (Å²) in [6.45, 7) is 4.28. The molecule has 24 heavy (non-hydrogen) atoms. The third-order valence-electron chi connectivity index (χ3n) is 5.05. The molecule has 5 nitrogen and oxygen atoms in total. The number of halogens is 1. The fraction of sp³-hybridized carbons (Fsp3) is 0.529. The lowest BCUT2D eigenvalue weighted by Crippen LogP contribution is -2.50. The van der Waals surface area contributed by atoms with Crippen molar-refractivity contribution >= 4 is 22.9 Å². The van der Waals surface area contributed by atoms with Crippen molar-refractivity contribution in [1.29, 1.82) is 0 Å². The summed E-state index contributed by atoms with van der Waals surface area (Å²) in [5.41, 5.74) is 1.62. The first-order chi connectivity index (χ1) is 11.6. The van der Waals surface area contributed by atoms with E-state index in [4.69, 9.17) is 16.3 Å². The number of fused-ring (bicyclic) bond motifs is 2. The predicted molar refractivity (Wildman–Crippen MR) is 93.1 cm³/mol. The number of aliphatic hydroxyl groups excluding tert-OH is 1. The zero-order valence-corrected chi connectivity index (χ0v) is 15.1. The molecule has 3 atom stereocenters. The van der Waals surface area contributed by atoms with E-state index in [0.717, 1.165) is 46.4 Å². The molecule has 1 fully saturated rings. The van der Waals surface area contributed by atoms with Crippen molar-refractivity contribution in [1.82, 2.24) is 14.9 Å². The van der Waals surface area contributed by atoms with E-state index < -0.39 is 6.10 Å². The minimum Gasteiger partial charge on any atom is -0.386 e. The third kappa shape index (κ3) is 2.86. The first-order valence-electron chi connectivity index (χ1n) is 8.18. The SMILES string of the molecule is C[C@H]1C[C@@]2(CCN1Cc1cnccn1)OC[C@H](O)c1cc(Cl)sc12. The molecule has 2 aromatic rings. The van der Waals surface area contributed by atoms with E-state index in [2.05, 4.69) is 21.8 Å². The Hall–Kier alpha value is -1.05. The Morgan fingerprint density at radius 2 is 2.38 bits per heavy atom. The largest absolute Gasteiger partial charge is 0.386 e. The van der Waals surface area contributed by atoms with Crippen LogP contribution in [0.1, 0.15) is 42.0 Å². The van der Waals surface area contributed by atoms with E-state index in [1.54, 1.807) is 23.7 Å². The van der Waals surface area contributed by atoms with Gasteiger partial charge in [0.05, 0.1) is 16.6 Å². The van der Waals surface area contributed by atoms with Crippen LogP contribution in [0.2, 0.25) is 4.34 Å². The Balaban J connectivity index is 1.55. The fourth-order valence-electron chi connectivity index (χ4n) is 3.82. The zero-order chi connectivity index (χ0) is 16.7. The molecule has 128 valence electrons. The minimum absolute atomic E-state index is 0.315. The van der Waals surface area contributed by atoms with Crippen LogP contribution in [0.15, 0.2) is 24.7 Å². The highest BCUT2D eigenvalue weighted by Crippen LogP contribution is 2.50. The standard InChI is InChI=1S/C17H20ClN3O2S/c1-11-7-17(2-5-21(11)9-12-8-19-3-4-20-12)16-13(6-15(18)24-16)14(22)10-23-17/h3-4,6,8,11,14,22H,2,5,7,9-10H2,1H3/t11-,14-,17+/m0/s1. The molecule has 0 radical (unpaired) electrons. The Kier molecular flexibility index (Phi) is 4.34. The zero-order valence-electron chi connectivity index (χ0n) is 13.5. The maximum atomic E-state index is 10.2. The molecule has 1 N–H and O–H groups in total. The van der Waals surface area contributed by atoms with Crippen LogP contribution in [0.3, 0.4) is 0 Å². The summed E-state index contributed by atoms with van der Waals surface area (Å²) in [7, 11) is 0. The summed E-state index contributed by atoms with van der Waals surface area (Å²) >= 11 is 7.76. The highest BCUT2D eigenvalue weighted by Gasteiger charge is 2.46. The molecule has 2 aromatic heterocycles. The van der Waals surface area contributed by atoms with Crippen LogP contribution < -0.4 is 0 Å². The average molecular weight is 366 g/mol. The van der Waals surface area contributed by atoms with Gasteiger partial charge in [-0.2, -0.15) is 0 Å². The van der Waals surface area contributed by atoms with Gasteiger partial charge in [0, 0.05) is 48.2 Å². The van der Waals surface area contributed by atoms with E-state index >= 15 is 0 Å². The molecule has 0 aromatic carbocycles. The molecule has 0 aliphatic carbocycles. The normalized spacial score (nSPS) is 30.5. The number of hydrogen-bond acceptors (Lipinski definition) is 6. The molecular formula is C17H20ClN3O2S. The highest BCUT2D eigenvalue weighted by atomic mass is 35.5. The number of rotatable bonds is 2. The molecular weight excluding hydrogens is 346 g/mol. The Morgan fingerprint density at radius 1 is 1.50 bits per heavy atom. The molecule has 2 aliphatic rings. The average Bonchev–Trinajstić information content (AvgIpc) is 2.99. The molecule has 0 bridgehead atoms. The Labute approximate surface area is 150 Å². The first kappa shape index (κ1) is 16.4. The molecule has 1 saturated heterocycles. The van der Waals surface area contributed by atoms with Gasteiger partial charge in [-0.25, -0.2) is 0 Å². The van der Waals surface area contributed by atoms with Crippen molar-refractivity contribution in [3.8, 4) is 0 Å². The number of hydrogen-bond donors (Lipinski definition) is 1. The van der Waals surface area contributed by atoms with Crippen LogP contribution in [0, 0.1) is 0 Å². The third-order valence-corrected chi connectivity index (χ3v) is 6.52. The molecule has 0 saturated carbocycles. The maximum absolute atomic E-state index is 10.2. The second-order valence-corrected chi connectivity index (χ2v) is 8.31. The number of piperidine rings is 1. The second-order valence-electron chi connectivity index (χ2n) is 6.63. The fourth-order valence-corrected chi connectivity index (χ4v) is 5.29. The lowest BCUT2D eigenvalue weighted by atomic mass is 9.81. The van der Waals surface area contributed by atoms with Crippen LogP contribution in [-0.2, 0) is 16.9 Å². The predicted octanol–water partition coefficient (Wildman–Crippen LogP) is 3.13. The lowest BCUT2D eigenvalue weighted by Gasteiger charge is -2.47. The second kappa shape index (κ2) is 6.35. The van der Waals surface area contributed by atoms with Gasteiger partial charge >= 0.3 is 0 Å². The van der Waals surface area contributed by atoms with Crippen molar-refractivity contribution in [3.05, 3.63) is 45.1 Å². The van der Waals surface area contributed by atoms with Gasteiger partial charge in [0.2, 0.25) is 0 Å². The number of aromatic nitrogens is 2. The molecule has 4 rings (SSSR count). The molecule has 4 heterocycles. The van der Waals surface area contributed by atoms with Crippen molar-refractivity contribution < 1.29 is 9.84 Å². The first-order valence-corrected chi connectivity index (χ1v) is 9.37. The van der Waals surface area contributed by atoms with Gasteiger partial charge < -0.3 is 9.84 Å². The lowest BCUT2D eigenvalue weighted by molar-refractivity contribution is -0.139. The monoisotopic (exact) mass is 365 g/mol. The summed E-state index contributed by atoms with van der Waals surface area (Å²) in [6, 6.07) is 2.25. The summed E-state index contributed by atoms with van der Waals surface area (Å²) in [6.07, 6.45) is 6.47. The van der Waals surface area contributed by atoms with E-state index in [1.165, 1.54) is 0 Å². The topological polar surface area (TPSA) is 58.5 Å². The van der Waals surface area contributed by atoms with Gasteiger partial charge in [-0.15, -0.1) is 11.3 Å². The van der Waals surface area contributed by atoms with Gasteiger partial charge in [-0.3, -0.25) is 14.9 Å². The quantitative estimate of drug-likeness (QED) is 0.886. The van der Waals surface area contributed by atoms with Crippen molar-refractivity contribution in [2.45, 2.75) is 44.1 Å². The summed E-state index contributed by atoms with van der Waals surface area (Å²) in [5.74, 6) is 0. The Bertz CT molecular complexity index is 726. The number of aliphatic hydroxyl groups is 1. The van der Waals surface area contributed by atoms with Crippen LogP contribution >= 0.6 is 22.9 Å². The molecule has 7 heteroatoms. The van der Waals surface area contributed by atoms with Crippen LogP contribution in [0.5, 0.6) is 0 Å². The van der Waals surface area contributed by atoms with Crippen molar-refractivity contribution in [2.75, 3.05) is 13.2 Å². The van der Waals surface area contributed by atoms with Gasteiger partial charge in [0.25, 0.3) is 0 Å². The van der Waals surface area contributed by atoms with Gasteiger partial charge in [0.1, 0.15) is 11.7 Å². The van der Waals surface area contributed by atoms with Crippen LogP contribution in [-0.4, -0.2) is 39.2 Å². The van der Waals surface area contributed by atoms with Gasteiger partial charge in [-0.05, 0) is 25.8 Å². The molecule has 0 unspecified atom stereocenters. The van der Waals surface area contributed by atoms with Gasteiger partial charge in [-0.1, -0.05) is 11.6 Å². The van der Waals surface area contributed by atoms with Crippen LogP contribution in [0.4, 0.5) is 0 Å². The molecule has 1 spiro atoms. The maximum Gasteiger partial charge on any atom is 0.105 e. The highest BCUT2D eigenvalue weighted by molar-refractivity contribution is 7.16. The van der Waals surface area contributed by atoms with Crippen molar-refractivity contribution in [3.63, 3.8) is 0 Å². The van der Waals surface area contributed by atoms with E-state index in [1.807, 2.05) is 12.3 Å². The van der Waals surface area contributed by atoms with Gasteiger partial charge in [0.15, 0.2) is 0 Å². The smallest absolute Gasteiger partial charge is 0.105 e. The van der Waals surface area contributed by atoms with E-state index in [9.17, 15) is 5.11 Å². The number of likely N-dealkylation sites (tertiary alicyclic amines) is 1. The number of nitrogens with zero attached hydrogens (tertiary/aromatic N) is 3. The summed E-state index contributed by atoms with van der Waals surface area (Å²) < 4.78 is 6.90. The summed E-state index contributed by atoms with van der Waals surface area (Å²) in [4.78, 5) is 12.0. The summed E-state index contributed by atoms with van der Waals surface area (Å²) in [5, 5.41) is 10.2. The Morgan fingerprint density at radius 3 is 3.12 bits per heavy atom. The van der Waals surface area contributed by atoms with Crippen LogP contribution in [0.25, 0.3) is 0 Å². The molecule has 0 amide bonds. The molecule has 2 aliphatic heterocycles. The van der Waals surface area contributed by atoms with E-state index in [-0.39, 0.29) is 5.60 Å². The van der Waals surface area contributed by atoms with Crippen molar-refractivity contribution in [2.24, 2.45) is 0 Å².